The van der Waals surface area contributed by atoms with Gasteiger partial charge in [-0.3, -0.25) is 24.5 Å². The van der Waals surface area contributed by atoms with Crippen molar-refractivity contribution >= 4 is 85.6 Å². The number of benzene rings is 3. The van der Waals surface area contributed by atoms with Crippen molar-refractivity contribution in [2.24, 2.45) is 0 Å². The first-order chi connectivity index (χ1) is 33.3. The van der Waals surface area contributed by atoms with Crippen LogP contribution in [0.2, 0.25) is 5.02 Å². The number of imide groups is 1. The molecule has 3 saturated heterocycles. The normalized spacial score (nSPS) is 19.9. The van der Waals surface area contributed by atoms with Crippen molar-refractivity contribution in [1.29, 1.82) is 0 Å². The highest BCUT2D eigenvalue weighted by Gasteiger charge is 2.42. The number of fused-ring (bicyclic) bond motifs is 1. The number of anilines is 3. The van der Waals surface area contributed by atoms with Crippen molar-refractivity contribution in [3.63, 3.8) is 0 Å². The molecular weight excluding hydrogens is 962 g/mol. The van der Waals surface area contributed by atoms with Gasteiger partial charge in [-0.1, -0.05) is 41.9 Å². The van der Waals surface area contributed by atoms with E-state index in [4.69, 9.17) is 21.4 Å². The molecule has 2 atom stereocenters. The van der Waals surface area contributed by atoms with Gasteiger partial charge < -0.3 is 40.3 Å². The highest BCUT2D eigenvalue weighted by molar-refractivity contribution is 7.88. The number of hydrogen-bond acceptors (Lipinski definition) is 13. The van der Waals surface area contributed by atoms with Crippen LogP contribution in [0.4, 0.5) is 17.1 Å². The molecule has 2 unspecified atom stereocenters. The maximum atomic E-state index is 14.1. The van der Waals surface area contributed by atoms with Crippen molar-refractivity contribution in [2.75, 3.05) is 55.4 Å². The van der Waals surface area contributed by atoms with Crippen LogP contribution in [0, 0.1) is 0 Å². The minimum Gasteiger partial charge on any atom is -0.479 e. The lowest BCUT2D eigenvalue weighted by Crippen LogP contribution is -2.55. The number of rotatable bonds is 17. The second-order valence-electron chi connectivity index (χ2n) is 18.8. The Labute approximate surface area is 414 Å². The number of thiophene rings is 1. The van der Waals surface area contributed by atoms with E-state index in [1.54, 1.807) is 63.6 Å². The summed E-state index contributed by atoms with van der Waals surface area (Å²) in [5.74, 6) is -4.08. The highest BCUT2D eigenvalue weighted by Crippen LogP contribution is 2.46. The van der Waals surface area contributed by atoms with Gasteiger partial charge in [-0.2, -0.15) is 4.31 Å². The second-order valence-corrected chi connectivity index (χ2v) is 22.1. The maximum Gasteiger partial charge on any atom is 0.349 e. The molecule has 70 heavy (non-hydrogen) atoms. The van der Waals surface area contributed by atoms with E-state index in [2.05, 4.69) is 20.9 Å². The highest BCUT2D eigenvalue weighted by atomic mass is 35.5. The zero-order valence-electron chi connectivity index (χ0n) is 39.0. The van der Waals surface area contributed by atoms with E-state index < -0.39 is 46.1 Å². The lowest BCUT2D eigenvalue weighted by molar-refractivity contribution is -0.139. The summed E-state index contributed by atoms with van der Waals surface area (Å²) in [6.07, 6.45) is 3.43. The molecule has 0 radical (unpaired) electrons. The SMILES string of the molecule is CN(C(=O)CCN1CCC(Nc2cccc3c2CN(C2CCC(=O)NC2=O)C3=O)CC1)c1cccc(CS(=O)(=O)N2CCC(Nc3cccc(-c4sc(C(=O)O)c(OCC(=O)O)c4Cl)c3)CC2(C)C)c1. The number of sulfonamides is 1. The van der Waals surface area contributed by atoms with Crippen LogP contribution < -0.4 is 25.6 Å². The van der Waals surface area contributed by atoms with E-state index >= 15 is 0 Å². The van der Waals surface area contributed by atoms with E-state index in [1.807, 2.05) is 38.1 Å². The summed E-state index contributed by atoms with van der Waals surface area (Å²) in [5, 5.41) is 28.3. The van der Waals surface area contributed by atoms with Crippen LogP contribution in [0.25, 0.3) is 10.4 Å². The molecule has 1 aromatic heterocycles. The molecule has 0 aliphatic carbocycles. The Kier molecular flexibility index (Phi) is 14.9. The van der Waals surface area contributed by atoms with E-state index in [9.17, 15) is 42.3 Å². The van der Waals surface area contributed by atoms with Gasteiger partial charge in [0.25, 0.3) is 5.91 Å². The molecule has 21 heteroatoms. The van der Waals surface area contributed by atoms with Gasteiger partial charge in [-0.05, 0) is 93.5 Å². The molecule has 3 fully saturated rings. The van der Waals surface area contributed by atoms with Gasteiger partial charge in [0.05, 0.1) is 10.6 Å². The number of hydrogen-bond donors (Lipinski definition) is 5. The fourth-order valence-electron chi connectivity index (χ4n) is 9.94. The molecule has 5 heterocycles. The number of likely N-dealkylation sites (tertiary alicyclic amines) is 1. The van der Waals surface area contributed by atoms with Crippen molar-refractivity contribution < 1.29 is 52.1 Å². The number of carboxylic acids is 2. The summed E-state index contributed by atoms with van der Waals surface area (Å²) in [6, 6.07) is 19.2. The summed E-state index contributed by atoms with van der Waals surface area (Å²) in [4.78, 5) is 79.7. The zero-order valence-corrected chi connectivity index (χ0v) is 41.4. The number of aliphatic carboxylic acids is 1. The molecule has 4 aliphatic heterocycles. The Bertz CT molecular complexity index is 2830. The van der Waals surface area contributed by atoms with Crippen molar-refractivity contribution in [1.82, 2.24) is 19.4 Å². The molecule has 3 aromatic carbocycles. The number of amides is 4. The third-order valence-electron chi connectivity index (χ3n) is 13.5. The van der Waals surface area contributed by atoms with Gasteiger partial charge in [0.1, 0.15) is 11.1 Å². The van der Waals surface area contributed by atoms with Crippen LogP contribution in [0.3, 0.4) is 0 Å². The molecule has 4 aliphatic rings. The second kappa shape index (κ2) is 20.7. The van der Waals surface area contributed by atoms with Gasteiger partial charge >= 0.3 is 11.9 Å². The summed E-state index contributed by atoms with van der Waals surface area (Å²) < 4.78 is 35.0. The number of aromatic carboxylic acids is 1. The van der Waals surface area contributed by atoms with Gasteiger partial charge in [0, 0.05) is 98.4 Å². The number of piperidine rings is 3. The molecule has 8 rings (SSSR count). The topological polar surface area (TPSA) is 235 Å². The summed E-state index contributed by atoms with van der Waals surface area (Å²) in [5.41, 5.74) is 3.99. The van der Waals surface area contributed by atoms with Crippen molar-refractivity contribution in [3.8, 4) is 16.2 Å². The number of carbonyl (C=O) groups is 6. The number of nitrogens with one attached hydrogen (secondary N) is 3. The summed E-state index contributed by atoms with van der Waals surface area (Å²) in [7, 11) is -2.10. The van der Waals surface area contributed by atoms with Crippen LogP contribution in [-0.2, 0) is 41.5 Å². The number of ether oxygens (including phenoxy) is 1. The lowest BCUT2D eigenvalue weighted by atomic mass is 9.89. The third-order valence-corrected chi connectivity index (χ3v) is 17.2. The Balaban J connectivity index is 0.811. The van der Waals surface area contributed by atoms with Crippen molar-refractivity contribution in [3.05, 3.63) is 93.3 Å². The van der Waals surface area contributed by atoms with Crippen LogP contribution >= 0.6 is 22.9 Å². The zero-order chi connectivity index (χ0) is 50.1. The number of halogens is 1. The Morgan fingerprint density at radius 1 is 0.943 bits per heavy atom. The van der Waals surface area contributed by atoms with Crippen LogP contribution in [0.15, 0.2) is 66.7 Å². The smallest absolute Gasteiger partial charge is 0.349 e. The Hall–Kier alpha value is -6.06. The van der Waals surface area contributed by atoms with Gasteiger partial charge in [0.15, 0.2) is 17.2 Å². The van der Waals surface area contributed by atoms with Gasteiger partial charge in [-0.25, -0.2) is 18.0 Å². The maximum absolute atomic E-state index is 14.1. The first-order valence-electron chi connectivity index (χ1n) is 23.2. The molecule has 372 valence electrons. The predicted molar refractivity (Wildman–Crippen MR) is 265 cm³/mol. The molecule has 0 spiro atoms. The minimum absolute atomic E-state index is 0.000848. The average Bonchev–Trinajstić information content (AvgIpc) is 3.83. The third kappa shape index (κ3) is 11.1. The predicted octanol–water partition coefficient (Wildman–Crippen LogP) is 6.11. The van der Waals surface area contributed by atoms with E-state index in [0.29, 0.717) is 65.3 Å². The fraction of sp³-hybridized carbons (Fsp3) is 0.429. The average molecular weight is 1020 g/mol. The molecule has 4 amide bonds. The van der Waals surface area contributed by atoms with E-state index in [0.717, 1.165) is 48.5 Å². The van der Waals surface area contributed by atoms with E-state index in [-0.39, 0.29) is 70.6 Å². The standard InChI is InChI=1S/C49H56ClN7O11S2/c1-49(2)25-33(51-32-9-5-8-30(24-32)44-42(50)43(68-27-41(60)61)45(69-44)48(64)65)17-22-57(49)70(66,67)28-29-7-4-10-34(23-29)54(3)40(59)18-21-55-19-15-31(16-20-55)52-37-12-6-11-35-36(37)26-56(47(35)63)38-13-14-39(58)53-46(38)62/h4-12,23-24,31,33,38,51-52H,13-22,25-28H2,1-3H3,(H,60,61)(H,64,65)(H,53,58,62). The molecule has 0 bridgehead atoms. The minimum atomic E-state index is -3.80. The monoisotopic (exact) mass is 1020 g/mol. The van der Waals surface area contributed by atoms with Crippen LogP contribution in [0.1, 0.15) is 89.9 Å². The molecule has 4 aromatic rings. The largest absolute Gasteiger partial charge is 0.479 e. The molecule has 0 saturated carbocycles. The first-order valence-corrected chi connectivity index (χ1v) is 26.0. The lowest BCUT2D eigenvalue weighted by Gasteiger charge is -2.45. The van der Waals surface area contributed by atoms with Crippen LogP contribution in [0.5, 0.6) is 5.75 Å². The van der Waals surface area contributed by atoms with Crippen LogP contribution in [-0.4, -0.2) is 132 Å². The quantitative estimate of drug-likeness (QED) is 0.0752. The molecule has 18 nitrogen and oxygen atoms in total. The Morgan fingerprint density at radius 3 is 2.39 bits per heavy atom. The first kappa shape index (κ1) is 50.3. The van der Waals surface area contributed by atoms with Gasteiger partial charge in [0.2, 0.25) is 27.7 Å². The number of carbonyl (C=O) groups excluding carboxylic acids is 4. The number of nitrogens with zero attached hydrogens (tertiary/aromatic N) is 4. The van der Waals surface area contributed by atoms with E-state index in [1.165, 1.54) is 0 Å². The van der Waals surface area contributed by atoms with Crippen molar-refractivity contribution in [2.45, 2.75) is 94.8 Å². The molecule has 5 N–H and O–H groups in total. The fourth-order valence-corrected chi connectivity index (χ4v) is 13.3. The summed E-state index contributed by atoms with van der Waals surface area (Å²) in [6.45, 7) is 5.70. The molecular formula is C49H56ClN7O11S2. The Morgan fingerprint density at radius 2 is 1.67 bits per heavy atom. The van der Waals surface area contributed by atoms with Gasteiger partial charge in [-0.15, -0.1) is 11.3 Å². The summed E-state index contributed by atoms with van der Waals surface area (Å²) >= 11 is 7.41. The number of carboxylic acid groups (broad SMARTS) is 2.